The SMILES string of the molecule is CCO[Si](CCl)OCC. The van der Waals surface area contributed by atoms with Crippen LogP contribution in [0, 0.1) is 0 Å². The van der Waals surface area contributed by atoms with E-state index >= 15 is 0 Å². The Morgan fingerprint density at radius 1 is 1.22 bits per heavy atom. The fraction of sp³-hybridized carbons (Fsp3) is 1.00. The molecule has 0 aromatic carbocycles. The average Bonchev–Trinajstić information content (AvgIpc) is 1.88. The first-order chi connectivity index (χ1) is 4.35. The predicted octanol–water partition coefficient (Wildman–Crippen LogP) is 1.33. The lowest BCUT2D eigenvalue weighted by atomic mass is 10.9. The first-order valence-electron chi connectivity index (χ1n) is 3.02. The van der Waals surface area contributed by atoms with Gasteiger partial charge in [-0.3, -0.25) is 0 Å². The third-order valence-electron chi connectivity index (χ3n) is 0.720. The molecule has 0 spiro atoms. The molecule has 2 nitrogen and oxygen atoms in total. The predicted molar refractivity (Wildman–Crippen MR) is 39.7 cm³/mol. The Kier molecular flexibility index (Phi) is 6.86. The molecule has 1 radical (unpaired) electrons. The summed E-state index contributed by atoms with van der Waals surface area (Å²) in [4.78, 5) is 0. The van der Waals surface area contributed by atoms with Gasteiger partial charge in [0.05, 0.1) is 5.50 Å². The monoisotopic (exact) mass is 167 g/mol. The zero-order valence-electron chi connectivity index (χ0n) is 5.82. The van der Waals surface area contributed by atoms with Gasteiger partial charge in [-0.05, 0) is 13.8 Å². The van der Waals surface area contributed by atoms with Gasteiger partial charge >= 0.3 is 9.28 Å². The highest BCUT2D eigenvalue weighted by atomic mass is 35.5. The van der Waals surface area contributed by atoms with E-state index in [2.05, 4.69) is 0 Å². The van der Waals surface area contributed by atoms with Crippen LogP contribution < -0.4 is 0 Å². The summed E-state index contributed by atoms with van der Waals surface area (Å²) in [6.45, 7) is 5.27. The van der Waals surface area contributed by atoms with Crippen molar-refractivity contribution in [3.8, 4) is 0 Å². The van der Waals surface area contributed by atoms with Gasteiger partial charge in [-0.25, -0.2) is 0 Å². The van der Waals surface area contributed by atoms with Crippen molar-refractivity contribution in [2.24, 2.45) is 0 Å². The Bertz CT molecular complexity index is 56.9. The van der Waals surface area contributed by atoms with Gasteiger partial charge in [0.15, 0.2) is 0 Å². The Labute approximate surface area is 63.0 Å². The summed E-state index contributed by atoms with van der Waals surface area (Å²) in [5.74, 6) is 0. The van der Waals surface area contributed by atoms with Crippen LogP contribution in [0.2, 0.25) is 0 Å². The van der Waals surface area contributed by atoms with Crippen molar-refractivity contribution >= 4 is 20.9 Å². The molecule has 0 saturated carbocycles. The van der Waals surface area contributed by atoms with Crippen LogP contribution in [-0.4, -0.2) is 28.0 Å². The molecule has 0 N–H and O–H groups in total. The first-order valence-corrected chi connectivity index (χ1v) is 5.08. The second-order valence-electron chi connectivity index (χ2n) is 1.37. The molecule has 0 amide bonds. The van der Waals surface area contributed by atoms with Crippen molar-refractivity contribution in [3.63, 3.8) is 0 Å². The van der Waals surface area contributed by atoms with Gasteiger partial charge < -0.3 is 8.85 Å². The molecule has 0 bridgehead atoms. The number of hydrogen-bond donors (Lipinski definition) is 0. The van der Waals surface area contributed by atoms with Crippen LogP contribution in [0.25, 0.3) is 0 Å². The van der Waals surface area contributed by atoms with Gasteiger partial charge in [0, 0.05) is 13.2 Å². The maximum atomic E-state index is 5.52. The van der Waals surface area contributed by atoms with Gasteiger partial charge in [0.25, 0.3) is 0 Å². The van der Waals surface area contributed by atoms with Gasteiger partial charge in [-0.2, -0.15) is 0 Å². The smallest absolute Gasteiger partial charge is 0.393 e. The Balaban J connectivity index is 3.18. The van der Waals surface area contributed by atoms with Gasteiger partial charge in [0.2, 0.25) is 0 Å². The second kappa shape index (κ2) is 6.55. The van der Waals surface area contributed by atoms with E-state index in [1.807, 2.05) is 13.8 Å². The van der Waals surface area contributed by atoms with Crippen LogP contribution in [0.15, 0.2) is 0 Å². The molecular formula is C5H12ClO2Si. The zero-order valence-corrected chi connectivity index (χ0v) is 7.57. The molecule has 0 saturated heterocycles. The van der Waals surface area contributed by atoms with E-state index in [4.69, 9.17) is 20.5 Å². The van der Waals surface area contributed by atoms with Crippen molar-refractivity contribution in [1.82, 2.24) is 0 Å². The lowest BCUT2D eigenvalue weighted by Gasteiger charge is -2.08. The van der Waals surface area contributed by atoms with Crippen LogP contribution in [0.5, 0.6) is 0 Å². The van der Waals surface area contributed by atoms with Gasteiger partial charge in [-0.15, -0.1) is 11.6 Å². The maximum absolute atomic E-state index is 5.52. The quantitative estimate of drug-likeness (QED) is 0.455. The minimum Gasteiger partial charge on any atom is -0.393 e. The van der Waals surface area contributed by atoms with Crippen LogP contribution >= 0.6 is 11.6 Å². The molecular weight excluding hydrogens is 156 g/mol. The minimum absolute atomic E-state index is 0.506. The standard InChI is InChI=1S/C5H12ClO2Si/c1-3-7-9(5-6)8-4-2/h3-5H2,1-2H3. The molecule has 0 aliphatic carbocycles. The van der Waals surface area contributed by atoms with Gasteiger partial charge in [-0.1, -0.05) is 0 Å². The largest absolute Gasteiger partial charge is 0.400 e. The summed E-state index contributed by atoms with van der Waals surface area (Å²) in [6, 6.07) is 0. The molecule has 0 unspecified atom stereocenters. The Hall–Kier alpha value is 0.427. The number of halogens is 1. The molecule has 9 heavy (non-hydrogen) atoms. The van der Waals surface area contributed by atoms with Crippen molar-refractivity contribution in [1.29, 1.82) is 0 Å². The van der Waals surface area contributed by atoms with Gasteiger partial charge in [0.1, 0.15) is 0 Å². The fourth-order valence-corrected chi connectivity index (χ4v) is 1.79. The van der Waals surface area contributed by atoms with E-state index in [0.717, 1.165) is 0 Å². The summed E-state index contributed by atoms with van der Waals surface area (Å²) in [6.07, 6.45) is 0. The van der Waals surface area contributed by atoms with Crippen LogP contribution in [0.1, 0.15) is 13.8 Å². The highest BCUT2D eigenvalue weighted by Gasteiger charge is 2.10. The van der Waals surface area contributed by atoms with E-state index in [9.17, 15) is 0 Å². The molecule has 4 heteroatoms. The summed E-state index contributed by atoms with van der Waals surface area (Å²) < 4.78 is 10.4. The summed E-state index contributed by atoms with van der Waals surface area (Å²) in [7, 11) is -1.12. The van der Waals surface area contributed by atoms with E-state index in [1.54, 1.807) is 0 Å². The number of rotatable bonds is 5. The van der Waals surface area contributed by atoms with Crippen molar-refractivity contribution < 1.29 is 8.85 Å². The molecule has 0 atom stereocenters. The molecule has 0 rings (SSSR count). The Morgan fingerprint density at radius 3 is 1.89 bits per heavy atom. The normalized spacial score (nSPS) is 10.7. The maximum Gasteiger partial charge on any atom is 0.400 e. The average molecular weight is 168 g/mol. The van der Waals surface area contributed by atoms with Crippen LogP contribution in [-0.2, 0) is 8.85 Å². The van der Waals surface area contributed by atoms with E-state index in [0.29, 0.717) is 18.7 Å². The minimum atomic E-state index is -1.12. The topological polar surface area (TPSA) is 18.5 Å². The molecule has 0 aromatic rings. The highest BCUT2D eigenvalue weighted by Crippen LogP contribution is 1.91. The molecule has 0 heterocycles. The summed E-state index contributed by atoms with van der Waals surface area (Å²) in [5, 5.41) is 0. The summed E-state index contributed by atoms with van der Waals surface area (Å²) in [5.41, 5.74) is 0.506. The van der Waals surface area contributed by atoms with Crippen LogP contribution in [0.3, 0.4) is 0 Å². The van der Waals surface area contributed by atoms with E-state index in [1.165, 1.54) is 0 Å². The highest BCUT2D eigenvalue weighted by molar-refractivity contribution is 6.56. The molecule has 55 valence electrons. The van der Waals surface area contributed by atoms with Crippen LogP contribution in [0.4, 0.5) is 0 Å². The van der Waals surface area contributed by atoms with Crippen molar-refractivity contribution in [3.05, 3.63) is 0 Å². The lowest BCUT2D eigenvalue weighted by molar-refractivity contribution is 0.218. The van der Waals surface area contributed by atoms with E-state index < -0.39 is 9.28 Å². The molecule has 0 aliphatic heterocycles. The zero-order chi connectivity index (χ0) is 7.11. The van der Waals surface area contributed by atoms with Crippen molar-refractivity contribution in [2.75, 3.05) is 18.7 Å². The summed E-state index contributed by atoms with van der Waals surface area (Å²) >= 11 is 5.52. The number of alkyl halides is 1. The molecule has 0 aromatic heterocycles. The Morgan fingerprint density at radius 2 is 1.67 bits per heavy atom. The third kappa shape index (κ3) is 4.90. The van der Waals surface area contributed by atoms with Crippen molar-refractivity contribution in [2.45, 2.75) is 13.8 Å². The number of hydrogen-bond acceptors (Lipinski definition) is 2. The fourth-order valence-electron chi connectivity index (χ4n) is 0.441. The molecule has 0 aliphatic rings. The first kappa shape index (κ1) is 9.43. The molecule has 0 fully saturated rings. The lowest BCUT2D eigenvalue weighted by Crippen LogP contribution is -2.25. The second-order valence-corrected chi connectivity index (χ2v) is 3.76. The third-order valence-corrected chi connectivity index (χ3v) is 2.81. The van der Waals surface area contributed by atoms with E-state index in [-0.39, 0.29) is 0 Å².